The fourth-order valence-electron chi connectivity index (χ4n) is 3.39. The van der Waals surface area contributed by atoms with Gasteiger partial charge in [-0.25, -0.2) is 0 Å². The Labute approximate surface area is 164 Å². The number of aromatic hydroxyl groups is 2. The van der Waals surface area contributed by atoms with Gasteiger partial charge >= 0.3 is 0 Å². The number of phenols is 2. The zero-order valence-electron chi connectivity index (χ0n) is 18.2. The lowest BCUT2D eigenvalue weighted by atomic mass is 9.77. The molecule has 0 aromatic heterocycles. The molecule has 0 radical (unpaired) electrons. The Morgan fingerprint density at radius 3 is 1.30 bits per heavy atom. The molecule has 0 heterocycles. The van der Waals surface area contributed by atoms with Gasteiger partial charge < -0.3 is 19.2 Å². The quantitative estimate of drug-likeness (QED) is 0.757. The van der Waals surface area contributed by atoms with E-state index in [-0.39, 0.29) is 5.41 Å². The summed E-state index contributed by atoms with van der Waals surface area (Å²) < 4.78 is 1.51. The van der Waals surface area contributed by atoms with E-state index in [0.717, 1.165) is 44.3 Å². The lowest BCUT2D eigenvalue weighted by Crippen LogP contribution is -2.33. The maximum Gasteiger partial charge on any atom is 0.124 e. The third-order valence-electron chi connectivity index (χ3n) is 4.89. The van der Waals surface area contributed by atoms with Gasteiger partial charge in [0.15, 0.2) is 0 Å². The number of hydrogen-bond donors (Lipinski definition) is 2. The number of quaternary nitrogens is 2. The van der Waals surface area contributed by atoms with Crippen molar-refractivity contribution in [3.05, 3.63) is 58.7 Å². The second-order valence-electron chi connectivity index (χ2n) is 10.2. The normalized spacial score (nSPS) is 13.0. The Morgan fingerprint density at radius 1 is 0.667 bits per heavy atom. The summed E-state index contributed by atoms with van der Waals surface area (Å²) in [7, 11) is 12.7. The molecular formula is C23H36N2O2+2. The molecule has 0 atom stereocenters. The summed E-state index contributed by atoms with van der Waals surface area (Å²) >= 11 is 0. The first-order valence-electron chi connectivity index (χ1n) is 9.45. The first-order valence-corrected chi connectivity index (χ1v) is 9.45. The smallest absolute Gasteiger partial charge is 0.124 e. The molecule has 0 fully saturated rings. The number of rotatable bonds is 6. The van der Waals surface area contributed by atoms with E-state index in [0.29, 0.717) is 11.5 Å². The third-order valence-corrected chi connectivity index (χ3v) is 4.89. The average molecular weight is 373 g/mol. The summed E-state index contributed by atoms with van der Waals surface area (Å²) in [4.78, 5) is 0. The van der Waals surface area contributed by atoms with Crippen LogP contribution in [0.3, 0.4) is 0 Å². The van der Waals surface area contributed by atoms with Crippen LogP contribution in [0.4, 0.5) is 0 Å². The second kappa shape index (κ2) is 7.17. The zero-order chi connectivity index (χ0) is 20.6. The maximum absolute atomic E-state index is 10.3. The van der Waals surface area contributed by atoms with Gasteiger partial charge in [0.2, 0.25) is 0 Å². The molecular weight excluding hydrogens is 336 g/mol. The molecule has 2 aromatic rings. The standard InChI is InChI=1S/C23H34N2O2/c1-23(2,19-9-11-21(26)17(13-19)15-24(3,4)5)20-10-12-22(27)18(14-20)16-25(6,7)8/h9-14H,15-16H2,1-8H3/p+2. The highest BCUT2D eigenvalue weighted by Gasteiger charge is 2.26. The van der Waals surface area contributed by atoms with Crippen molar-refractivity contribution in [2.24, 2.45) is 0 Å². The van der Waals surface area contributed by atoms with Crippen LogP contribution in [0.15, 0.2) is 36.4 Å². The highest BCUT2D eigenvalue weighted by molar-refractivity contribution is 5.46. The Kier molecular flexibility index (Phi) is 5.65. The van der Waals surface area contributed by atoms with E-state index in [1.165, 1.54) is 0 Å². The van der Waals surface area contributed by atoms with Gasteiger partial charge in [-0.2, -0.15) is 0 Å². The highest BCUT2D eigenvalue weighted by atomic mass is 16.3. The van der Waals surface area contributed by atoms with Gasteiger partial charge in [-0.1, -0.05) is 26.0 Å². The van der Waals surface area contributed by atoms with Crippen LogP contribution in [-0.2, 0) is 18.5 Å². The Bertz CT molecular complexity index is 745. The molecule has 0 unspecified atom stereocenters. The van der Waals surface area contributed by atoms with Gasteiger partial charge in [0.05, 0.1) is 42.3 Å². The monoisotopic (exact) mass is 372 g/mol. The molecule has 0 bridgehead atoms. The lowest BCUT2D eigenvalue weighted by molar-refractivity contribution is -0.884. The lowest BCUT2D eigenvalue weighted by Gasteiger charge is -2.30. The molecule has 4 heteroatoms. The third kappa shape index (κ3) is 5.47. The average Bonchev–Trinajstić information content (AvgIpc) is 2.48. The van der Waals surface area contributed by atoms with E-state index < -0.39 is 0 Å². The minimum absolute atomic E-state index is 0.235. The Morgan fingerprint density at radius 2 is 1.00 bits per heavy atom. The van der Waals surface area contributed by atoms with E-state index >= 15 is 0 Å². The fraction of sp³-hybridized carbons (Fsp3) is 0.478. The van der Waals surface area contributed by atoms with Crippen LogP contribution >= 0.6 is 0 Å². The zero-order valence-corrected chi connectivity index (χ0v) is 18.2. The van der Waals surface area contributed by atoms with Crippen LogP contribution in [0.2, 0.25) is 0 Å². The molecule has 4 nitrogen and oxygen atoms in total. The summed E-state index contributed by atoms with van der Waals surface area (Å²) in [6.07, 6.45) is 0. The maximum atomic E-state index is 10.3. The SMILES string of the molecule is CC(C)(c1ccc(O)c(C[N+](C)(C)C)c1)c1ccc(O)c(C[N+](C)(C)C)c1. The van der Waals surface area contributed by atoms with E-state index in [4.69, 9.17) is 0 Å². The molecule has 0 spiro atoms. The van der Waals surface area contributed by atoms with Crippen LogP contribution in [0.5, 0.6) is 11.5 Å². The van der Waals surface area contributed by atoms with Gasteiger partial charge in [-0.05, 0) is 35.4 Å². The van der Waals surface area contributed by atoms with Gasteiger partial charge in [-0.3, -0.25) is 0 Å². The predicted octanol–water partition coefficient (Wildman–Crippen LogP) is 3.84. The van der Waals surface area contributed by atoms with Crippen LogP contribution in [0.1, 0.15) is 36.1 Å². The first kappa shape index (κ1) is 21.3. The molecule has 0 saturated heterocycles. The van der Waals surface area contributed by atoms with E-state index in [9.17, 15) is 10.2 Å². The summed E-state index contributed by atoms with van der Waals surface area (Å²) in [5.74, 6) is 0.693. The first-order chi connectivity index (χ1) is 12.2. The molecule has 2 rings (SSSR count). The Hall–Kier alpha value is -2.04. The molecule has 27 heavy (non-hydrogen) atoms. The second-order valence-corrected chi connectivity index (χ2v) is 10.2. The predicted molar refractivity (Wildman–Crippen MR) is 112 cm³/mol. The summed E-state index contributed by atoms with van der Waals surface area (Å²) in [6, 6.07) is 11.8. The van der Waals surface area contributed by atoms with Crippen molar-refractivity contribution in [3.63, 3.8) is 0 Å². The van der Waals surface area contributed by atoms with Gasteiger partial charge in [0.25, 0.3) is 0 Å². The number of benzene rings is 2. The highest BCUT2D eigenvalue weighted by Crippen LogP contribution is 2.36. The molecule has 2 N–H and O–H groups in total. The fourth-order valence-corrected chi connectivity index (χ4v) is 3.39. The van der Waals surface area contributed by atoms with Crippen molar-refractivity contribution in [2.75, 3.05) is 42.3 Å². The molecule has 148 valence electrons. The van der Waals surface area contributed by atoms with Crippen LogP contribution in [0, 0.1) is 0 Å². The molecule has 0 aliphatic carbocycles. The van der Waals surface area contributed by atoms with Gasteiger partial charge in [-0.15, -0.1) is 0 Å². The molecule has 0 aliphatic heterocycles. The van der Waals surface area contributed by atoms with Gasteiger partial charge in [0, 0.05) is 16.5 Å². The number of hydrogen-bond acceptors (Lipinski definition) is 2. The Balaban J connectivity index is 2.47. The molecule has 2 aromatic carbocycles. The van der Waals surface area contributed by atoms with Crippen LogP contribution in [0.25, 0.3) is 0 Å². The van der Waals surface area contributed by atoms with E-state index in [2.05, 4.69) is 68.3 Å². The topological polar surface area (TPSA) is 40.5 Å². The number of phenolic OH excluding ortho intramolecular Hbond substituents is 2. The minimum Gasteiger partial charge on any atom is -0.507 e. The van der Waals surface area contributed by atoms with Gasteiger partial charge in [0.1, 0.15) is 24.6 Å². The van der Waals surface area contributed by atoms with Crippen molar-refractivity contribution in [1.29, 1.82) is 0 Å². The largest absolute Gasteiger partial charge is 0.507 e. The molecule has 0 aliphatic rings. The van der Waals surface area contributed by atoms with Crippen LogP contribution < -0.4 is 0 Å². The number of nitrogens with zero attached hydrogens (tertiary/aromatic N) is 2. The van der Waals surface area contributed by atoms with Crippen molar-refractivity contribution >= 4 is 0 Å². The molecule has 0 saturated carbocycles. The van der Waals surface area contributed by atoms with Crippen molar-refractivity contribution in [2.45, 2.75) is 32.4 Å². The van der Waals surface area contributed by atoms with Crippen molar-refractivity contribution in [3.8, 4) is 11.5 Å². The summed E-state index contributed by atoms with van der Waals surface area (Å²) in [6.45, 7) is 5.91. The van der Waals surface area contributed by atoms with Crippen LogP contribution in [-0.4, -0.2) is 61.5 Å². The summed E-state index contributed by atoms with van der Waals surface area (Å²) in [5.41, 5.74) is 3.99. The van der Waals surface area contributed by atoms with Crippen molar-refractivity contribution in [1.82, 2.24) is 0 Å². The summed E-state index contributed by atoms with van der Waals surface area (Å²) in [5, 5.41) is 20.6. The van der Waals surface area contributed by atoms with E-state index in [1.807, 2.05) is 12.1 Å². The molecule has 0 amide bonds. The minimum atomic E-state index is -0.235. The van der Waals surface area contributed by atoms with Crippen molar-refractivity contribution < 1.29 is 19.2 Å². The van der Waals surface area contributed by atoms with E-state index in [1.54, 1.807) is 12.1 Å².